The number of fused-ring (bicyclic) bond motifs is 1. The van der Waals surface area contributed by atoms with Crippen molar-refractivity contribution in [2.45, 2.75) is 70.4 Å². The number of guanidine groups is 1. The van der Waals surface area contributed by atoms with Crippen molar-refractivity contribution in [3.63, 3.8) is 0 Å². The second-order valence-electron chi connectivity index (χ2n) is 8.63. The molecular formula is C23H34N4O. The van der Waals surface area contributed by atoms with Gasteiger partial charge in [-0.3, -0.25) is 9.79 Å². The monoisotopic (exact) mass is 382 g/mol. The van der Waals surface area contributed by atoms with Crippen molar-refractivity contribution in [3.05, 3.63) is 34.9 Å². The molecule has 1 aromatic rings. The molecule has 0 spiro atoms. The maximum Gasteiger partial charge on any atom is 0.225 e. The van der Waals surface area contributed by atoms with Crippen LogP contribution in [0.2, 0.25) is 0 Å². The van der Waals surface area contributed by atoms with E-state index >= 15 is 0 Å². The lowest BCUT2D eigenvalue weighted by Gasteiger charge is -2.26. The minimum atomic E-state index is 0.268. The number of rotatable bonds is 4. The summed E-state index contributed by atoms with van der Waals surface area (Å²) in [5.41, 5.74) is 4.33. The molecule has 1 amide bonds. The SMILES string of the molecule is CN=C(NCc1ccc2c(c1)CCC2)NC1CCN(C(=O)C2CCCCC2)C1. The summed E-state index contributed by atoms with van der Waals surface area (Å²) in [6, 6.07) is 7.13. The summed E-state index contributed by atoms with van der Waals surface area (Å²) in [6.07, 6.45) is 10.6. The van der Waals surface area contributed by atoms with E-state index in [4.69, 9.17) is 0 Å². The summed E-state index contributed by atoms with van der Waals surface area (Å²) in [5, 5.41) is 6.97. The van der Waals surface area contributed by atoms with Crippen molar-refractivity contribution in [3.8, 4) is 0 Å². The van der Waals surface area contributed by atoms with E-state index in [2.05, 4.69) is 38.7 Å². The highest BCUT2D eigenvalue weighted by atomic mass is 16.2. The first-order valence-electron chi connectivity index (χ1n) is 11.1. The van der Waals surface area contributed by atoms with Gasteiger partial charge in [0, 0.05) is 38.6 Å². The van der Waals surface area contributed by atoms with Crippen molar-refractivity contribution < 1.29 is 4.79 Å². The second kappa shape index (κ2) is 8.97. The molecule has 1 unspecified atom stereocenters. The second-order valence-corrected chi connectivity index (χ2v) is 8.63. The lowest BCUT2D eigenvalue weighted by molar-refractivity contribution is -0.135. The van der Waals surface area contributed by atoms with Gasteiger partial charge >= 0.3 is 0 Å². The number of carbonyl (C=O) groups excluding carboxylic acids is 1. The number of hydrogen-bond donors (Lipinski definition) is 2. The maximum absolute atomic E-state index is 12.8. The molecule has 3 aliphatic rings. The fourth-order valence-corrected chi connectivity index (χ4v) is 4.99. The molecule has 0 radical (unpaired) electrons. The quantitative estimate of drug-likeness (QED) is 0.622. The molecular weight excluding hydrogens is 348 g/mol. The fourth-order valence-electron chi connectivity index (χ4n) is 4.99. The summed E-state index contributed by atoms with van der Waals surface area (Å²) in [6.45, 7) is 2.45. The molecule has 28 heavy (non-hydrogen) atoms. The topological polar surface area (TPSA) is 56.7 Å². The molecule has 5 nitrogen and oxygen atoms in total. The first kappa shape index (κ1) is 19.3. The number of carbonyl (C=O) groups is 1. The number of aliphatic imine (C=N–C) groups is 1. The minimum absolute atomic E-state index is 0.268. The van der Waals surface area contributed by atoms with E-state index < -0.39 is 0 Å². The molecule has 2 fully saturated rings. The highest BCUT2D eigenvalue weighted by Crippen LogP contribution is 2.27. The van der Waals surface area contributed by atoms with E-state index in [0.717, 1.165) is 44.9 Å². The normalized spacial score (nSPS) is 23.0. The summed E-state index contributed by atoms with van der Waals surface area (Å²) < 4.78 is 0. The Bertz CT molecular complexity index is 723. The number of benzene rings is 1. The van der Waals surface area contributed by atoms with Gasteiger partial charge in [0.2, 0.25) is 5.91 Å². The Balaban J connectivity index is 1.25. The average Bonchev–Trinajstić information content (AvgIpc) is 3.40. The van der Waals surface area contributed by atoms with Crippen LogP contribution in [-0.2, 0) is 24.2 Å². The minimum Gasteiger partial charge on any atom is -0.352 e. The van der Waals surface area contributed by atoms with Crippen LogP contribution in [0.3, 0.4) is 0 Å². The Kier molecular flexibility index (Phi) is 6.18. The van der Waals surface area contributed by atoms with Crippen LogP contribution in [0.15, 0.2) is 23.2 Å². The van der Waals surface area contributed by atoms with Crippen molar-refractivity contribution in [2.75, 3.05) is 20.1 Å². The Hall–Kier alpha value is -2.04. The predicted octanol–water partition coefficient (Wildman–Crippen LogP) is 3.02. The van der Waals surface area contributed by atoms with Crippen LogP contribution >= 0.6 is 0 Å². The Morgan fingerprint density at radius 2 is 1.93 bits per heavy atom. The van der Waals surface area contributed by atoms with Crippen molar-refractivity contribution in [1.29, 1.82) is 0 Å². The van der Waals surface area contributed by atoms with Gasteiger partial charge in [0.1, 0.15) is 0 Å². The summed E-state index contributed by atoms with van der Waals surface area (Å²) in [4.78, 5) is 19.2. The van der Waals surface area contributed by atoms with Gasteiger partial charge in [-0.2, -0.15) is 0 Å². The van der Waals surface area contributed by atoms with Crippen LogP contribution in [0.5, 0.6) is 0 Å². The third kappa shape index (κ3) is 4.50. The molecule has 0 bridgehead atoms. The standard InChI is InChI=1S/C23H34N4O/c1-24-23(25-15-17-10-11-18-8-5-9-20(18)14-17)26-21-12-13-27(16-21)22(28)19-6-3-2-4-7-19/h10-11,14,19,21H,2-9,12-13,15-16H2,1H3,(H2,24,25,26). The van der Waals surface area contributed by atoms with Gasteiger partial charge in [-0.05, 0) is 55.2 Å². The van der Waals surface area contributed by atoms with Gasteiger partial charge in [-0.15, -0.1) is 0 Å². The highest BCUT2D eigenvalue weighted by molar-refractivity contribution is 5.81. The summed E-state index contributed by atoms with van der Waals surface area (Å²) in [7, 11) is 1.82. The molecule has 2 aliphatic carbocycles. The van der Waals surface area contributed by atoms with Crippen molar-refractivity contribution >= 4 is 11.9 Å². The molecule has 1 aliphatic heterocycles. The number of amides is 1. The maximum atomic E-state index is 12.8. The zero-order valence-corrected chi connectivity index (χ0v) is 17.2. The number of likely N-dealkylation sites (tertiary alicyclic amines) is 1. The molecule has 1 saturated heterocycles. The molecule has 1 atom stereocenters. The van der Waals surface area contributed by atoms with E-state index in [1.807, 2.05) is 7.05 Å². The first-order valence-corrected chi connectivity index (χ1v) is 11.1. The van der Waals surface area contributed by atoms with E-state index in [9.17, 15) is 4.79 Å². The van der Waals surface area contributed by atoms with Crippen LogP contribution < -0.4 is 10.6 Å². The molecule has 152 valence electrons. The van der Waals surface area contributed by atoms with Gasteiger partial charge in [0.05, 0.1) is 0 Å². The Morgan fingerprint density at radius 1 is 1.11 bits per heavy atom. The summed E-state index contributed by atoms with van der Waals surface area (Å²) in [5.74, 6) is 1.48. The van der Waals surface area contributed by atoms with Gasteiger partial charge in [-0.25, -0.2) is 0 Å². The zero-order chi connectivity index (χ0) is 19.3. The molecule has 2 N–H and O–H groups in total. The summed E-state index contributed by atoms with van der Waals surface area (Å²) >= 11 is 0. The van der Waals surface area contributed by atoms with Crippen LogP contribution in [0.4, 0.5) is 0 Å². The van der Waals surface area contributed by atoms with Crippen molar-refractivity contribution in [2.24, 2.45) is 10.9 Å². The molecule has 5 heteroatoms. The van der Waals surface area contributed by atoms with Crippen molar-refractivity contribution in [1.82, 2.24) is 15.5 Å². The van der Waals surface area contributed by atoms with Gasteiger partial charge in [0.25, 0.3) is 0 Å². The molecule has 0 aromatic heterocycles. The van der Waals surface area contributed by atoms with Crippen LogP contribution in [-0.4, -0.2) is 42.9 Å². The number of nitrogens with zero attached hydrogens (tertiary/aromatic N) is 2. The van der Waals surface area contributed by atoms with E-state index in [1.165, 1.54) is 55.2 Å². The Labute approximate surface area is 169 Å². The van der Waals surface area contributed by atoms with Crippen LogP contribution in [0.1, 0.15) is 61.6 Å². The Morgan fingerprint density at radius 3 is 2.75 bits per heavy atom. The molecule has 1 saturated carbocycles. The van der Waals surface area contributed by atoms with Gasteiger partial charge in [0.15, 0.2) is 5.96 Å². The molecule has 1 aromatic carbocycles. The van der Waals surface area contributed by atoms with Crippen LogP contribution in [0.25, 0.3) is 0 Å². The lowest BCUT2D eigenvalue weighted by atomic mass is 9.88. The lowest BCUT2D eigenvalue weighted by Crippen LogP contribution is -2.45. The number of hydrogen-bond acceptors (Lipinski definition) is 2. The average molecular weight is 383 g/mol. The van der Waals surface area contributed by atoms with Gasteiger partial charge < -0.3 is 15.5 Å². The third-order valence-corrected chi connectivity index (χ3v) is 6.64. The van der Waals surface area contributed by atoms with E-state index in [0.29, 0.717) is 11.9 Å². The predicted molar refractivity (Wildman–Crippen MR) is 113 cm³/mol. The highest BCUT2D eigenvalue weighted by Gasteiger charge is 2.31. The molecule has 4 rings (SSSR count). The van der Waals surface area contributed by atoms with Gasteiger partial charge in [-0.1, -0.05) is 37.5 Å². The van der Waals surface area contributed by atoms with E-state index in [1.54, 1.807) is 0 Å². The number of aryl methyl sites for hydroxylation is 2. The first-order chi connectivity index (χ1) is 13.7. The number of nitrogens with one attached hydrogen (secondary N) is 2. The van der Waals surface area contributed by atoms with E-state index in [-0.39, 0.29) is 5.92 Å². The zero-order valence-electron chi connectivity index (χ0n) is 17.2. The molecule has 1 heterocycles. The van der Waals surface area contributed by atoms with Crippen LogP contribution in [0, 0.1) is 5.92 Å². The largest absolute Gasteiger partial charge is 0.352 e. The smallest absolute Gasteiger partial charge is 0.225 e. The fraction of sp³-hybridized carbons (Fsp3) is 0.652. The third-order valence-electron chi connectivity index (χ3n) is 6.64.